The van der Waals surface area contributed by atoms with Crippen LogP contribution in [-0.2, 0) is 19.1 Å². The van der Waals surface area contributed by atoms with Crippen LogP contribution in [0.15, 0.2) is 72.2 Å². The Morgan fingerprint density at radius 3 is 2.23 bits per heavy atom. The van der Waals surface area contributed by atoms with Crippen LogP contribution < -0.4 is 25.4 Å². The van der Waals surface area contributed by atoms with Gasteiger partial charge in [-0.2, -0.15) is 5.26 Å². The van der Waals surface area contributed by atoms with Crippen LogP contribution in [0.1, 0.15) is 107 Å². The molecule has 0 spiro atoms. The number of aromatic nitrogens is 1. The number of thiazole rings is 1. The summed E-state index contributed by atoms with van der Waals surface area (Å²) >= 11 is 7.82. The third kappa shape index (κ3) is 13.5. The zero-order valence-corrected chi connectivity index (χ0v) is 44.2. The summed E-state index contributed by atoms with van der Waals surface area (Å²) in [6.45, 7) is 16.8. The van der Waals surface area contributed by atoms with Crippen molar-refractivity contribution in [1.82, 2.24) is 30.7 Å². The Bertz CT molecular complexity index is 2520. The van der Waals surface area contributed by atoms with Crippen LogP contribution in [0.3, 0.4) is 0 Å². The molecule has 6 rings (SSSR count). The maximum atomic E-state index is 14.2. The molecule has 1 aromatic heterocycles. The van der Waals surface area contributed by atoms with Gasteiger partial charge in [-0.15, -0.1) is 11.3 Å². The molecule has 2 heterocycles. The molecule has 382 valence electrons. The third-order valence-corrected chi connectivity index (χ3v) is 14.7. The number of carbonyl (C=O) groups is 4. The smallest absolute Gasteiger partial charge is 0.251 e. The maximum Gasteiger partial charge on any atom is 0.251 e. The number of β-amino-alcohol motifs (C(OH)–C–C–N with tert-alkyl or cyclic N) is 1. The summed E-state index contributed by atoms with van der Waals surface area (Å²) in [5, 5.41) is 29.5. The minimum absolute atomic E-state index is 0.0285. The minimum Gasteiger partial charge on any atom is -0.494 e. The van der Waals surface area contributed by atoms with Crippen LogP contribution >= 0.6 is 22.9 Å². The highest BCUT2D eigenvalue weighted by Crippen LogP contribution is 2.55. The number of aliphatic hydroxyl groups excluding tert-OH is 1. The van der Waals surface area contributed by atoms with Crippen LogP contribution in [0.25, 0.3) is 10.4 Å². The molecule has 4 N–H and O–H groups in total. The van der Waals surface area contributed by atoms with Crippen molar-refractivity contribution in [1.29, 1.82) is 5.26 Å². The van der Waals surface area contributed by atoms with Crippen LogP contribution in [0, 0.1) is 34.5 Å². The average Bonchev–Trinajstić information content (AvgIpc) is 3.94. The summed E-state index contributed by atoms with van der Waals surface area (Å²) in [4.78, 5) is 63.6. The molecule has 15 nitrogen and oxygen atoms in total. The van der Waals surface area contributed by atoms with Crippen molar-refractivity contribution < 1.29 is 38.5 Å². The van der Waals surface area contributed by atoms with E-state index in [0.717, 1.165) is 34.5 Å². The number of likely N-dealkylation sites (N-methyl/N-ethyl adjacent to an activating group) is 1. The van der Waals surface area contributed by atoms with E-state index in [1.54, 1.807) is 53.8 Å². The van der Waals surface area contributed by atoms with Crippen molar-refractivity contribution in [2.45, 2.75) is 117 Å². The Labute approximate surface area is 427 Å². The van der Waals surface area contributed by atoms with Crippen molar-refractivity contribution in [3.63, 3.8) is 0 Å². The van der Waals surface area contributed by atoms with Gasteiger partial charge in [0.25, 0.3) is 5.91 Å². The summed E-state index contributed by atoms with van der Waals surface area (Å²) in [6.07, 6.45) is 1.19. The zero-order chi connectivity index (χ0) is 51.8. The number of carbonyl (C=O) groups excluding carboxylic acids is 4. The Morgan fingerprint density at radius 2 is 1.62 bits per heavy atom. The van der Waals surface area contributed by atoms with Crippen LogP contribution in [0.4, 0.5) is 0 Å². The number of halogens is 1. The van der Waals surface area contributed by atoms with Gasteiger partial charge >= 0.3 is 0 Å². The number of hydrogen-bond acceptors (Lipinski definition) is 12. The molecule has 17 heteroatoms. The van der Waals surface area contributed by atoms with Crippen molar-refractivity contribution in [3.05, 3.63) is 99.6 Å². The number of rotatable bonds is 21. The fourth-order valence-electron chi connectivity index (χ4n) is 9.99. The van der Waals surface area contributed by atoms with E-state index < -0.39 is 46.2 Å². The van der Waals surface area contributed by atoms with Gasteiger partial charge in [0.2, 0.25) is 17.7 Å². The number of likely N-dealkylation sites (tertiary alicyclic amines) is 1. The Morgan fingerprint density at radius 1 is 0.958 bits per heavy atom. The number of unbranched alkanes of at least 4 members (excludes halogenated alkanes) is 2. The van der Waals surface area contributed by atoms with Gasteiger partial charge in [-0.25, -0.2) is 4.98 Å². The van der Waals surface area contributed by atoms with Gasteiger partial charge in [-0.1, -0.05) is 84.3 Å². The number of nitrogens with one attached hydrogen (secondary N) is 3. The van der Waals surface area contributed by atoms with Crippen LogP contribution in [-0.4, -0.2) is 121 Å². The zero-order valence-electron chi connectivity index (χ0n) is 42.6. The third-order valence-electron chi connectivity index (χ3n) is 13.4. The molecule has 1 aliphatic heterocycles. The first-order valence-corrected chi connectivity index (χ1v) is 25.5. The van der Waals surface area contributed by atoms with E-state index in [1.165, 1.54) is 4.90 Å². The number of hydrogen-bond donors (Lipinski definition) is 4. The molecule has 71 heavy (non-hydrogen) atoms. The Kier molecular flexibility index (Phi) is 18.0. The number of amides is 4. The van der Waals surface area contributed by atoms with Gasteiger partial charge in [-0.3, -0.25) is 19.2 Å². The van der Waals surface area contributed by atoms with Gasteiger partial charge < -0.3 is 45.1 Å². The van der Waals surface area contributed by atoms with Crippen molar-refractivity contribution in [3.8, 4) is 28.0 Å². The lowest BCUT2D eigenvalue weighted by atomic mass is 9.49. The molecule has 0 radical (unpaired) electrons. The number of nitrogens with zero attached hydrogens (tertiary/aromatic N) is 4. The fraction of sp³-hybridized carbons (Fsp3) is 0.519. The normalized spacial score (nSPS) is 20.0. The summed E-state index contributed by atoms with van der Waals surface area (Å²) < 4.78 is 18.0. The lowest BCUT2D eigenvalue weighted by molar-refractivity contribution is -0.164. The Hall–Kier alpha value is -5.57. The summed E-state index contributed by atoms with van der Waals surface area (Å²) in [5.74, 6) is -0.243. The topological polar surface area (TPSA) is 195 Å². The highest BCUT2D eigenvalue weighted by molar-refractivity contribution is 7.13. The second-order valence-corrected chi connectivity index (χ2v) is 22.5. The van der Waals surface area contributed by atoms with Gasteiger partial charge in [0.15, 0.2) is 0 Å². The van der Waals surface area contributed by atoms with Crippen LogP contribution in [0.2, 0.25) is 5.02 Å². The molecule has 2 aliphatic rings. The predicted octanol–water partition coefficient (Wildman–Crippen LogP) is 7.73. The van der Waals surface area contributed by atoms with Crippen LogP contribution in [0.5, 0.6) is 11.5 Å². The van der Waals surface area contributed by atoms with Gasteiger partial charge in [0, 0.05) is 54.6 Å². The molecular weight excluding hydrogens is 942 g/mol. The monoisotopic (exact) mass is 1010 g/mol. The Balaban J connectivity index is 0.910. The first-order valence-electron chi connectivity index (χ1n) is 24.2. The lowest BCUT2D eigenvalue weighted by Crippen LogP contribution is -2.74. The fourth-order valence-corrected chi connectivity index (χ4v) is 11.0. The molecule has 1 saturated carbocycles. The van der Waals surface area contributed by atoms with E-state index in [2.05, 4.69) is 54.7 Å². The first kappa shape index (κ1) is 54.8. The van der Waals surface area contributed by atoms with E-state index in [0.29, 0.717) is 53.8 Å². The van der Waals surface area contributed by atoms with E-state index in [9.17, 15) is 29.5 Å². The summed E-state index contributed by atoms with van der Waals surface area (Å²) in [5.41, 5.74) is 4.12. The molecule has 4 amide bonds. The number of aryl methyl sites for hydroxylation is 1. The molecule has 4 aromatic rings. The molecule has 0 unspecified atom stereocenters. The molecule has 1 aliphatic carbocycles. The number of aliphatic hydroxyl groups is 1. The molecule has 2 fully saturated rings. The SMILES string of the molecule is Cc1ncsc1-c1ccc([C@H](CN(C)C)NC(=O)[C@@H]2C[C@@H](O)CN2C(=O)[C@@H](NC(=O)COCCCCCOc2ccc(C(=O)NC3C(C)(C)C(Oc4ccc(C#N)c(Cl)c4)C3(C)C)cc2)C(C)(C)C)cc1. The van der Waals surface area contributed by atoms with E-state index in [1.807, 2.05) is 76.5 Å². The summed E-state index contributed by atoms with van der Waals surface area (Å²) in [7, 11) is 3.85. The van der Waals surface area contributed by atoms with E-state index in [-0.39, 0.29) is 49.6 Å². The average molecular weight is 1010 g/mol. The highest BCUT2D eigenvalue weighted by atomic mass is 35.5. The predicted molar refractivity (Wildman–Crippen MR) is 275 cm³/mol. The molecule has 4 atom stereocenters. The van der Waals surface area contributed by atoms with Gasteiger partial charge in [0.05, 0.1) is 45.4 Å². The maximum absolute atomic E-state index is 14.2. The number of benzene rings is 3. The van der Waals surface area contributed by atoms with Gasteiger partial charge in [-0.05, 0) is 93.2 Å². The minimum atomic E-state index is -0.974. The molecule has 1 saturated heterocycles. The van der Waals surface area contributed by atoms with E-state index >= 15 is 0 Å². The summed E-state index contributed by atoms with van der Waals surface area (Å²) in [6, 6.07) is 19.7. The highest BCUT2D eigenvalue weighted by Gasteiger charge is 2.64. The second-order valence-electron chi connectivity index (χ2n) is 21.3. The second kappa shape index (κ2) is 23.3. The molecule has 0 bridgehead atoms. The quantitative estimate of drug-likeness (QED) is 0.0597. The van der Waals surface area contributed by atoms with E-state index in [4.69, 9.17) is 25.8 Å². The largest absolute Gasteiger partial charge is 0.494 e. The number of nitriles is 1. The van der Waals surface area contributed by atoms with Crippen molar-refractivity contribution >= 4 is 46.6 Å². The standard InChI is InChI=1S/C54H70ClN7O8S/c1-33-45(71-32-57-33)35-16-14-34(15-17-35)42(30-61(9)10)58-48(66)43-26-38(63)29-62(43)49(67)46(52(2,3)4)59-44(64)31-68-24-12-11-13-25-69-39-21-18-36(19-22-39)47(65)60-50-53(5,6)51(54(50,7)8)70-40-23-20-37(28-56)41(55)27-40/h14-23,27,32,38,42-43,46,50-51,63H,11-13,24-26,29-31H2,1-10H3,(H,58,66)(H,59,64)(H,60,65)/t38-,42+,43+,46-,50?,51?/m1/s1. The van der Waals surface area contributed by atoms with Crippen molar-refractivity contribution in [2.75, 3.05) is 47.0 Å². The van der Waals surface area contributed by atoms with Crippen molar-refractivity contribution in [2.24, 2.45) is 16.2 Å². The number of ether oxygens (including phenoxy) is 3. The molecule has 3 aromatic carbocycles. The first-order chi connectivity index (χ1) is 33.5. The lowest BCUT2D eigenvalue weighted by Gasteiger charge is -2.63. The molecular formula is C54H70ClN7O8S. The van der Waals surface area contributed by atoms with Gasteiger partial charge in [0.1, 0.15) is 42.4 Å².